The molecule has 2 N–H and O–H groups in total. The number of aromatic amines is 1. The van der Waals surface area contributed by atoms with Gasteiger partial charge in [-0.25, -0.2) is 4.98 Å². The molecule has 166 valence electrons. The molecule has 0 aliphatic heterocycles. The molecule has 0 amide bonds. The summed E-state index contributed by atoms with van der Waals surface area (Å²) in [5.74, 6) is 2.35. The van der Waals surface area contributed by atoms with Crippen LogP contribution < -0.4 is 5.56 Å². The Morgan fingerprint density at radius 2 is 2.12 bits per heavy atom. The Bertz CT molecular complexity index is 1290. The quantitative estimate of drug-likeness (QED) is 0.424. The van der Waals surface area contributed by atoms with E-state index in [2.05, 4.69) is 16.8 Å². The van der Waals surface area contributed by atoms with Gasteiger partial charge in [-0.15, -0.1) is 11.3 Å². The first-order valence-electron chi connectivity index (χ1n) is 11.1. The number of phenolic OH excluding ortho intramolecular Hbond substituents is 1. The Morgan fingerprint density at radius 3 is 2.91 bits per heavy atom. The van der Waals surface area contributed by atoms with Crippen molar-refractivity contribution >= 4 is 21.6 Å². The van der Waals surface area contributed by atoms with Gasteiger partial charge in [0.15, 0.2) is 0 Å². The summed E-state index contributed by atoms with van der Waals surface area (Å²) in [5, 5.41) is 11.1. The molecule has 5 rings (SSSR count). The third-order valence-corrected chi connectivity index (χ3v) is 7.58. The van der Waals surface area contributed by atoms with E-state index < -0.39 is 0 Å². The molecule has 2 unspecified atom stereocenters. The van der Waals surface area contributed by atoms with Crippen LogP contribution in [0.1, 0.15) is 53.9 Å². The summed E-state index contributed by atoms with van der Waals surface area (Å²) in [6.07, 6.45) is 4.75. The Kier molecular flexibility index (Phi) is 5.61. The number of nitrogens with zero attached hydrogens (tertiary/aromatic N) is 2. The molecule has 32 heavy (non-hydrogen) atoms. The van der Waals surface area contributed by atoms with E-state index in [1.165, 1.54) is 10.4 Å². The number of hydrogen-bond acceptors (Lipinski definition) is 6. The highest BCUT2D eigenvalue weighted by molar-refractivity contribution is 7.18. The normalized spacial score (nSPS) is 17.0. The molecule has 0 saturated heterocycles. The van der Waals surface area contributed by atoms with Crippen LogP contribution in [0, 0.1) is 5.92 Å². The molecule has 0 radical (unpaired) electrons. The fourth-order valence-electron chi connectivity index (χ4n) is 4.53. The second-order valence-electron chi connectivity index (χ2n) is 8.77. The molecule has 3 aromatic heterocycles. The van der Waals surface area contributed by atoms with Crippen LogP contribution in [0.15, 0.2) is 51.9 Å². The zero-order valence-corrected chi connectivity index (χ0v) is 19.1. The molecule has 6 nitrogen and oxygen atoms in total. The number of fused-ring (bicyclic) bond motifs is 3. The molecule has 3 heterocycles. The molecule has 1 aliphatic carbocycles. The summed E-state index contributed by atoms with van der Waals surface area (Å²) in [6.45, 7) is 5.32. The highest BCUT2D eigenvalue weighted by Crippen LogP contribution is 2.36. The Hall–Kier alpha value is -2.90. The second kappa shape index (κ2) is 8.56. The zero-order valence-electron chi connectivity index (χ0n) is 18.3. The number of aromatic hydroxyl groups is 1. The van der Waals surface area contributed by atoms with Gasteiger partial charge in [-0.1, -0.05) is 25.1 Å². The predicted molar refractivity (Wildman–Crippen MR) is 126 cm³/mol. The molecular weight excluding hydrogens is 422 g/mol. The van der Waals surface area contributed by atoms with E-state index in [9.17, 15) is 9.90 Å². The number of para-hydroxylation sites is 1. The second-order valence-corrected chi connectivity index (χ2v) is 9.86. The summed E-state index contributed by atoms with van der Waals surface area (Å²) in [5.41, 5.74) is 1.96. The van der Waals surface area contributed by atoms with Crippen LogP contribution in [-0.4, -0.2) is 20.0 Å². The highest BCUT2D eigenvalue weighted by Gasteiger charge is 2.26. The van der Waals surface area contributed by atoms with Crippen molar-refractivity contribution in [1.29, 1.82) is 0 Å². The summed E-state index contributed by atoms with van der Waals surface area (Å²) in [4.78, 5) is 25.4. The maximum Gasteiger partial charge on any atom is 0.259 e. The molecule has 1 aromatic carbocycles. The smallest absolute Gasteiger partial charge is 0.259 e. The third kappa shape index (κ3) is 3.98. The van der Waals surface area contributed by atoms with Crippen molar-refractivity contribution in [1.82, 2.24) is 14.9 Å². The standard InChI is InChI=1S/C25H27N3O3S/c1-15-9-10-19-21(12-15)32-25-22(19)24(30)26-23(27-25)16(2)28(14-18-7-5-11-31-18)13-17-6-3-4-8-20(17)29/h3-8,11,15-16,29H,9-10,12-14H2,1-2H3,(H,26,27,30). The number of aromatic nitrogens is 2. The Balaban J connectivity index is 1.51. The van der Waals surface area contributed by atoms with Crippen molar-refractivity contribution in [2.75, 3.05) is 0 Å². The van der Waals surface area contributed by atoms with Gasteiger partial charge < -0.3 is 14.5 Å². The van der Waals surface area contributed by atoms with Crippen molar-refractivity contribution in [3.05, 3.63) is 80.6 Å². The largest absolute Gasteiger partial charge is 0.508 e. The van der Waals surface area contributed by atoms with Gasteiger partial charge >= 0.3 is 0 Å². The van der Waals surface area contributed by atoms with E-state index in [1.807, 2.05) is 37.3 Å². The molecule has 4 aromatic rings. The van der Waals surface area contributed by atoms with Crippen LogP contribution in [0.2, 0.25) is 0 Å². The Morgan fingerprint density at radius 1 is 1.28 bits per heavy atom. The van der Waals surface area contributed by atoms with Crippen molar-refractivity contribution < 1.29 is 9.52 Å². The number of phenols is 1. The minimum atomic E-state index is -0.185. The summed E-state index contributed by atoms with van der Waals surface area (Å²) >= 11 is 1.66. The van der Waals surface area contributed by atoms with Crippen LogP contribution in [0.3, 0.4) is 0 Å². The molecular formula is C25H27N3O3S. The van der Waals surface area contributed by atoms with Gasteiger partial charge in [0, 0.05) is 17.0 Å². The van der Waals surface area contributed by atoms with E-state index in [4.69, 9.17) is 9.40 Å². The van der Waals surface area contributed by atoms with Gasteiger partial charge in [-0.05, 0) is 55.9 Å². The fourth-order valence-corrected chi connectivity index (χ4v) is 5.92. The van der Waals surface area contributed by atoms with Crippen LogP contribution in [0.25, 0.3) is 10.2 Å². The lowest BCUT2D eigenvalue weighted by Crippen LogP contribution is -2.29. The first kappa shape index (κ1) is 21.0. The van der Waals surface area contributed by atoms with Gasteiger partial charge in [0.1, 0.15) is 22.2 Å². The van der Waals surface area contributed by atoms with Crippen LogP contribution >= 0.6 is 11.3 Å². The van der Waals surface area contributed by atoms with Gasteiger partial charge in [0.25, 0.3) is 5.56 Å². The maximum absolute atomic E-state index is 13.1. The monoisotopic (exact) mass is 449 g/mol. The SMILES string of the molecule is CC1CCc2c(sc3nc(C(C)N(Cc4ccco4)Cc4ccccc4O)[nH]c(=O)c23)C1. The lowest BCUT2D eigenvalue weighted by atomic mass is 9.89. The number of furan rings is 1. The van der Waals surface area contributed by atoms with Crippen molar-refractivity contribution in [2.24, 2.45) is 5.92 Å². The molecule has 0 fully saturated rings. The molecule has 0 spiro atoms. The number of hydrogen-bond donors (Lipinski definition) is 2. The summed E-state index contributed by atoms with van der Waals surface area (Å²) in [7, 11) is 0. The summed E-state index contributed by atoms with van der Waals surface area (Å²) < 4.78 is 5.58. The van der Waals surface area contributed by atoms with Gasteiger partial charge in [0.05, 0.1) is 24.2 Å². The molecule has 7 heteroatoms. The first-order chi connectivity index (χ1) is 15.5. The molecule has 2 atom stereocenters. The summed E-state index contributed by atoms with van der Waals surface area (Å²) in [6, 6.07) is 10.9. The topological polar surface area (TPSA) is 82.4 Å². The minimum Gasteiger partial charge on any atom is -0.508 e. The van der Waals surface area contributed by atoms with E-state index in [0.29, 0.717) is 24.8 Å². The third-order valence-electron chi connectivity index (χ3n) is 6.43. The number of rotatable bonds is 6. The van der Waals surface area contributed by atoms with E-state index >= 15 is 0 Å². The number of benzene rings is 1. The number of H-pyrrole nitrogens is 1. The molecule has 0 saturated carbocycles. The zero-order chi connectivity index (χ0) is 22.2. The predicted octanol–water partition coefficient (Wildman–Crippen LogP) is 5.17. The van der Waals surface area contributed by atoms with Crippen molar-refractivity contribution in [2.45, 2.75) is 52.2 Å². The lowest BCUT2D eigenvalue weighted by Gasteiger charge is -2.28. The minimum absolute atomic E-state index is 0.0515. The lowest BCUT2D eigenvalue weighted by molar-refractivity contribution is 0.169. The van der Waals surface area contributed by atoms with Crippen molar-refractivity contribution in [3.8, 4) is 5.75 Å². The number of nitrogens with one attached hydrogen (secondary N) is 1. The molecule has 0 bridgehead atoms. The van der Waals surface area contributed by atoms with Gasteiger partial charge in [-0.2, -0.15) is 0 Å². The van der Waals surface area contributed by atoms with Crippen LogP contribution in [0.4, 0.5) is 0 Å². The Labute approximate surface area is 190 Å². The van der Waals surface area contributed by atoms with Gasteiger partial charge in [-0.3, -0.25) is 9.69 Å². The van der Waals surface area contributed by atoms with Crippen LogP contribution in [0.5, 0.6) is 5.75 Å². The number of aryl methyl sites for hydroxylation is 1. The van der Waals surface area contributed by atoms with Gasteiger partial charge in [0.2, 0.25) is 0 Å². The van der Waals surface area contributed by atoms with Crippen molar-refractivity contribution in [3.63, 3.8) is 0 Å². The fraction of sp³-hybridized carbons (Fsp3) is 0.360. The van der Waals surface area contributed by atoms with E-state index in [-0.39, 0.29) is 17.4 Å². The maximum atomic E-state index is 13.1. The first-order valence-corrected chi connectivity index (χ1v) is 11.9. The van der Waals surface area contributed by atoms with Crippen LogP contribution in [-0.2, 0) is 25.9 Å². The average Bonchev–Trinajstić information content (AvgIpc) is 3.41. The van der Waals surface area contributed by atoms with E-state index in [0.717, 1.165) is 40.8 Å². The highest BCUT2D eigenvalue weighted by atomic mass is 32.1. The average molecular weight is 450 g/mol. The number of thiophene rings is 1. The molecule has 1 aliphatic rings. The van der Waals surface area contributed by atoms with E-state index in [1.54, 1.807) is 23.7 Å².